The maximum atomic E-state index is 5.82. The second kappa shape index (κ2) is 4.45. The minimum Gasteiger partial charge on any atom is -0.489 e. The molecule has 1 aromatic carbocycles. The maximum Gasteiger partial charge on any atom is 0.231 e. The third-order valence-electron chi connectivity index (χ3n) is 2.95. The van der Waals surface area contributed by atoms with Crippen LogP contribution in [-0.2, 0) is 0 Å². The molecule has 1 aliphatic carbocycles. The molecule has 1 atom stereocenters. The summed E-state index contributed by atoms with van der Waals surface area (Å²) in [5, 5.41) is 3.45. The van der Waals surface area contributed by atoms with E-state index in [0.717, 1.165) is 29.8 Å². The van der Waals surface area contributed by atoms with Crippen molar-refractivity contribution in [1.82, 2.24) is 5.32 Å². The molecular formula is C13H17NO3. The predicted octanol–water partition coefficient (Wildman–Crippen LogP) is 1.93. The van der Waals surface area contributed by atoms with Gasteiger partial charge in [0.25, 0.3) is 0 Å². The first-order valence-electron chi connectivity index (χ1n) is 6.11. The van der Waals surface area contributed by atoms with E-state index >= 15 is 0 Å². The van der Waals surface area contributed by atoms with Gasteiger partial charge in [0.2, 0.25) is 6.79 Å². The Hall–Kier alpha value is -1.42. The molecule has 1 saturated carbocycles. The van der Waals surface area contributed by atoms with Crippen molar-refractivity contribution in [1.29, 1.82) is 0 Å². The Morgan fingerprint density at radius 3 is 3.00 bits per heavy atom. The summed E-state index contributed by atoms with van der Waals surface area (Å²) in [4.78, 5) is 0. The SMILES string of the molecule is CC(CNC1CC1)Oc1ccc2c(c1)OCO2. The molecule has 0 saturated heterocycles. The van der Waals surface area contributed by atoms with Crippen LogP contribution >= 0.6 is 0 Å². The van der Waals surface area contributed by atoms with E-state index in [4.69, 9.17) is 14.2 Å². The van der Waals surface area contributed by atoms with Gasteiger partial charge in [0, 0.05) is 18.7 Å². The molecular weight excluding hydrogens is 218 g/mol. The van der Waals surface area contributed by atoms with E-state index in [1.54, 1.807) is 0 Å². The summed E-state index contributed by atoms with van der Waals surface area (Å²) in [6.45, 7) is 3.26. The fourth-order valence-electron chi connectivity index (χ4n) is 1.84. The molecule has 1 heterocycles. The van der Waals surface area contributed by atoms with Gasteiger partial charge in [0.15, 0.2) is 11.5 Å². The Morgan fingerprint density at radius 1 is 1.35 bits per heavy atom. The van der Waals surface area contributed by atoms with E-state index < -0.39 is 0 Å². The second-order valence-electron chi connectivity index (χ2n) is 4.63. The smallest absolute Gasteiger partial charge is 0.231 e. The topological polar surface area (TPSA) is 39.7 Å². The summed E-state index contributed by atoms with van der Waals surface area (Å²) in [6, 6.07) is 6.41. The molecule has 2 aliphatic rings. The molecule has 0 aromatic heterocycles. The van der Waals surface area contributed by atoms with Crippen LogP contribution in [0.3, 0.4) is 0 Å². The Kier molecular flexibility index (Phi) is 2.81. The summed E-state index contributed by atoms with van der Waals surface area (Å²) in [7, 11) is 0. The first-order chi connectivity index (χ1) is 8.31. The maximum absolute atomic E-state index is 5.82. The molecule has 0 amide bonds. The van der Waals surface area contributed by atoms with Crippen molar-refractivity contribution in [2.75, 3.05) is 13.3 Å². The van der Waals surface area contributed by atoms with Gasteiger partial charge in [0.05, 0.1) is 0 Å². The van der Waals surface area contributed by atoms with E-state index in [9.17, 15) is 0 Å². The molecule has 1 aliphatic heterocycles. The van der Waals surface area contributed by atoms with Crippen molar-refractivity contribution < 1.29 is 14.2 Å². The molecule has 1 fully saturated rings. The van der Waals surface area contributed by atoms with Gasteiger partial charge < -0.3 is 19.5 Å². The lowest BCUT2D eigenvalue weighted by Gasteiger charge is -2.15. The van der Waals surface area contributed by atoms with Crippen LogP contribution in [0.1, 0.15) is 19.8 Å². The molecule has 1 aromatic rings. The zero-order valence-electron chi connectivity index (χ0n) is 9.94. The fourth-order valence-corrected chi connectivity index (χ4v) is 1.84. The minimum absolute atomic E-state index is 0.163. The first kappa shape index (κ1) is 10.7. The zero-order valence-corrected chi connectivity index (χ0v) is 9.94. The molecule has 3 rings (SSSR count). The molecule has 0 spiro atoms. The molecule has 4 nitrogen and oxygen atoms in total. The first-order valence-corrected chi connectivity index (χ1v) is 6.11. The number of hydrogen-bond acceptors (Lipinski definition) is 4. The summed E-state index contributed by atoms with van der Waals surface area (Å²) >= 11 is 0. The molecule has 0 bridgehead atoms. The van der Waals surface area contributed by atoms with Crippen LogP contribution in [0.4, 0.5) is 0 Å². The molecule has 1 unspecified atom stereocenters. The summed E-state index contributed by atoms with van der Waals surface area (Å²) in [5.41, 5.74) is 0. The van der Waals surface area contributed by atoms with Crippen molar-refractivity contribution in [2.45, 2.75) is 31.9 Å². The van der Waals surface area contributed by atoms with E-state index in [1.807, 2.05) is 18.2 Å². The molecule has 0 radical (unpaired) electrons. The number of hydrogen-bond donors (Lipinski definition) is 1. The fraction of sp³-hybridized carbons (Fsp3) is 0.538. The van der Waals surface area contributed by atoms with Gasteiger partial charge in [0.1, 0.15) is 11.9 Å². The highest BCUT2D eigenvalue weighted by Crippen LogP contribution is 2.35. The van der Waals surface area contributed by atoms with Crippen LogP contribution in [0.15, 0.2) is 18.2 Å². The Morgan fingerprint density at radius 2 is 2.18 bits per heavy atom. The lowest BCUT2D eigenvalue weighted by molar-refractivity contribution is 0.173. The Bertz CT molecular complexity index is 404. The van der Waals surface area contributed by atoms with Gasteiger partial charge in [-0.1, -0.05) is 0 Å². The average Bonchev–Trinajstić information content (AvgIpc) is 3.04. The highest BCUT2D eigenvalue weighted by Gasteiger charge is 2.21. The highest BCUT2D eigenvalue weighted by molar-refractivity contribution is 5.46. The Balaban J connectivity index is 1.56. The molecule has 1 N–H and O–H groups in total. The van der Waals surface area contributed by atoms with Crippen LogP contribution in [0.25, 0.3) is 0 Å². The zero-order chi connectivity index (χ0) is 11.7. The predicted molar refractivity (Wildman–Crippen MR) is 63.7 cm³/mol. The molecule has 17 heavy (non-hydrogen) atoms. The summed E-state index contributed by atoms with van der Waals surface area (Å²) < 4.78 is 16.4. The summed E-state index contributed by atoms with van der Waals surface area (Å²) in [6.07, 6.45) is 2.77. The standard InChI is InChI=1S/C13H17NO3/c1-9(7-14-10-2-3-10)17-11-4-5-12-13(6-11)16-8-15-12/h4-6,9-10,14H,2-3,7-8H2,1H3. The van der Waals surface area contributed by atoms with Crippen LogP contribution in [-0.4, -0.2) is 25.5 Å². The largest absolute Gasteiger partial charge is 0.489 e. The van der Waals surface area contributed by atoms with E-state index in [2.05, 4.69) is 12.2 Å². The lowest BCUT2D eigenvalue weighted by Crippen LogP contribution is -2.30. The van der Waals surface area contributed by atoms with Crippen molar-refractivity contribution in [3.63, 3.8) is 0 Å². The third-order valence-corrected chi connectivity index (χ3v) is 2.95. The van der Waals surface area contributed by atoms with Gasteiger partial charge in [-0.05, 0) is 31.9 Å². The van der Waals surface area contributed by atoms with Gasteiger partial charge >= 0.3 is 0 Å². The quantitative estimate of drug-likeness (QED) is 0.846. The minimum atomic E-state index is 0.163. The van der Waals surface area contributed by atoms with Crippen LogP contribution in [0, 0.1) is 0 Å². The van der Waals surface area contributed by atoms with Crippen molar-refractivity contribution in [3.8, 4) is 17.2 Å². The van der Waals surface area contributed by atoms with Crippen molar-refractivity contribution in [3.05, 3.63) is 18.2 Å². The normalized spacial score (nSPS) is 19.1. The van der Waals surface area contributed by atoms with E-state index in [1.165, 1.54) is 12.8 Å². The van der Waals surface area contributed by atoms with Crippen LogP contribution in [0.5, 0.6) is 17.2 Å². The van der Waals surface area contributed by atoms with Gasteiger partial charge in [-0.3, -0.25) is 0 Å². The number of benzene rings is 1. The third kappa shape index (κ3) is 2.64. The van der Waals surface area contributed by atoms with E-state index in [0.29, 0.717) is 6.79 Å². The van der Waals surface area contributed by atoms with E-state index in [-0.39, 0.29) is 6.10 Å². The van der Waals surface area contributed by atoms with Gasteiger partial charge in [-0.25, -0.2) is 0 Å². The number of fused-ring (bicyclic) bond motifs is 1. The summed E-state index contributed by atoms with van der Waals surface area (Å²) in [5.74, 6) is 2.39. The number of ether oxygens (including phenoxy) is 3. The lowest BCUT2D eigenvalue weighted by atomic mass is 10.3. The second-order valence-corrected chi connectivity index (χ2v) is 4.63. The van der Waals surface area contributed by atoms with Crippen molar-refractivity contribution in [2.24, 2.45) is 0 Å². The number of rotatable bonds is 5. The monoisotopic (exact) mass is 235 g/mol. The van der Waals surface area contributed by atoms with Gasteiger partial charge in [-0.2, -0.15) is 0 Å². The Labute approximate surface area is 101 Å². The van der Waals surface area contributed by atoms with Gasteiger partial charge in [-0.15, -0.1) is 0 Å². The molecule has 4 heteroatoms. The molecule has 92 valence electrons. The number of nitrogens with one attached hydrogen (secondary N) is 1. The average molecular weight is 235 g/mol. The van der Waals surface area contributed by atoms with Crippen LogP contribution in [0.2, 0.25) is 0 Å². The van der Waals surface area contributed by atoms with Crippen LogP contribution < -0.4 is 19.5 Å². The highest BCUT2D eigenvalue weighted by atomic mass is 16.7. The van der Waals surface area contributed by atoms with Crippen molar-refractivity contribution >= 4 is 0 Å².